The number of aromatic amines is 1. The lowest BCUT2D eigenvalue weighted by atomic mass is 9.94. The topological polar surface area (TPSA) is 87.3 Å². The summed E-state index contributed by atoms with van der Waals surface area (Å²) in [6.45, 7) is 4.53. The second-order valence-electron chi connectivity index (χ2n) is 9.92. The number of benzene rings is 1. The number of imidazole rings is 1. The van der Waals surface area contributed by atoms with E-state index in [-0.39, 0.29) is 17.9 Å². The van der Waals surface area contributed by atoms with E-state index in [4.69, 9.17) is 9.72 Å². The lowest BCUT2D eigenvalue weighted by Crippen LogP contribution is -2.51. The first-order valence-electron chi connectivity index (χ1n) is 12.7. The molecule has 0 spiro atoms. The summed E-state index contributed by atoms with van der Waals surface area (Å²) in [7, 11) is 1.31. The molecule has 2 N–H and O–H groups in total. The molecule has 0 aliphatic carbocycles. The van der Waals surface area contributed by atoms with E-state index in [1.54, 1.807) is 0 Å². The summed E-state index contributed by atoms with van der Waals surface area (Å²) in [5.41, 5.74) is 3.38. The van der Waals surface area contributed by atoms with E-state index in [2.05, 4.69) is 40.3 Å². The number of aromatic nitrogens is 2. The molecule has 4 rings (SSSR count). The summed E-state index contributed by atoms with van der Waals surface area (Å²) in [5.74, 6) is 3.74. The molecule has 3 heterocycles. The fraction of sp³-hybridized carbons (Fsp3) is 0.654. The zero-order chi connectivity index (χ0) is 24.1. The highest BCUT2D eigenvalue weighted by atomic mass is 32.2. The first-order chi connectivity index (χ1) is 16.5. The maximum absolute atomic E-state index is 13.4. The first kappa shape index (κ1) is 24.9. The Morgan fingerprint density at radius 3 is 2.79 bits per heavy atom. The molecule has 2 fully saturated rings. The average Bonchev–Trinajstić information content (AvgIpc) is 3.50. The molecule has 2 amide bonds. The number of amides is 2. The van der Waals surface area contributed by atoms with Gasteiger partial charge < -0.3 is 19.9 Å². The number of thioether (sulfide) groups is 1. The normalized spacial score (nSPS) is 22.8. The number of hydrogen-bond acceptors (Lipinski definition) is 5. The maximum atomic E-state index is 13.4. The number of likely N-dealkylation sites (tertiary alicyclic amines) is 1. The molecule has 2 aromatic rings. The molecular weight excluding hydrogens is 448 g/mol. The highest BCUT2D eigenvalue weighted by Gasteiger charge is 2.37. The second-order valence-corrected chi connectivity index (χ2v) is 11.1. The van der Waals surface area contributed by atoms with Gasteiger partial charge in [-0.15, -0.1) is 0 Å². The third-order valence-corrected chi connectivity index (χ3v) is 8.36. The molecule has 3 atom stereocenters. The van der Waals surface area contributed by atoms with Crippen LogP contribution in [-0.2, 0) is 9.53 Å². The van der Waals surface area contributed by atoms with Gasteiger partial charge in [0.05, 0.1) is 24.2 Å². The van der Waals surface area contributed by atoms with Gasteiger partial charge in [-0.25, -0.2) is 9.78 Å². The molecule has 2 saturated heterocycles. The number of H-pyrrole nitrogens is 1. The van der Waals surface area contributed by atoms with Crippen molar-refractivity contribution < 1.29 is 14.3 Å². The molecule has 0 saturated carbocycles. The molecule has 186 valence electrons. The summed E-state index contributed by atoms with van der Waals surface area (Å²) < 4.78 is 4.74. The number of carbonyl (C=O) groups excluding carboxylic acids is 2. The Morgan fingerprint density at radius 1 is 1.18 bits per heavy atom. The Balaban J connectivity index is 1.54. The lowest BCUT2D eigenvalue weighted by Gasteiger charge is -2.29. The fourth-order valence-electron chi connectivity index (χ4n) is 5.17. The molecular formula is C26H38N4O3S. The largest absolute Gasteiger partial charge is 0.453 e. The summed E-state index contributed by atoms with van der Waals surface area (Å²) in [4.78, 5) is 35.5. The number of methoxy groups -OCH3 is 1. The molecule has 8 heteroatoms. The van der Waals surface area contributed by atoms with Crippen LogP contribution in [-0.4, -0.2) is 58.1 Å². The maximum Gasteiger partial charge on any atom is 0.407 e. The van der Waals surface area contributed by atoms with Crippen LogP contribution in [0, 0.1) is 5.92 Å². The SMILES string of the molecule is COC(=O)NC(C(=O)N1CCCC1c1nc2ccc(C3CCCCCCSC3)cc2[nH]1)C(C)C. The van der Waals surface area contributed by atoms with Gasteiger partial charge in [0, 0.05) is 12.3 Å². The van der Waals surface area contributed by atoms with Gasteiger partial charge in [-0.3, -0.25) is 4.79 Å². The van der Waals surface area contributed by atoms with E-state index in [0.29, 0.717) is 12.5 Å². The van der Waals surface area contributed by atoms with E-state index >= 15 is 0 Å². The summed E-state index contributed by atoms with van der Waals surface area (Å²) in [5, 5.41) is 2.71. The molecule has 0 radical (unpaired) electrons. The lowest BCUT2D eigenvalue weighted by molar-refractivity contribution is -0.135. The van der Waals surface area contributed by atoms with Crippen LogP contribution in [0.3, 0.4) is 0 Å². The van der Waals surface area contributed by atoms with Gasteiger partial charge in [0.25, 0.3) is 0 Å². The second kappa shape index (κ2) is 11.5. The number of nitrogens with one attached hydrogen (secondary N) is 2. The predicted molar refractivity (Wildman–Crippen MR) is 137 cm³/mol. The van der Waals surface area contributed by atoms with Crippen LogP contribution in [0.1, 0.15) is 82.1 Å². The van der Waals surface area contributed by atoms with E-state index in [9.17, 15) is 9.59 Å². The van der Waals surface area contributed by atoms with Crippen LogP contribution < -0.4 is 5.32 Å². The molecule has 2 aliphatic heterocycles. The van der Waals surface area contributed by atoms with Crippen molar-refractivity contribution in [2.45, 2.75) is 76.8 Å². The first-order valence-corrected chi connectivity index (χ1v) is 13.9. The number of rotatable bonds is 5. The third-order valence-electron chi connectivity index (χ3n) is 7.15. The van der Waals surface area contributed by atoms with Crippen molar-refractivity contribution in [2.75, 3.05) is 25.2 Å². The fourth-order valence-corrected chi connectivity index (χ4v) is 6.39. The smallest absolute Gasteiger partial charge is 0.407 e. The van der Waals surface area contributed by atoms with Gasteiger partial charge in [-0.2, -0.15) is 11.8 Å². The molecule has 2 aliphatic rings. The Morgan fingerprint density at radius 2 is 2.00 bits per heavy atom. The number of alkyl carbamates (subject to hydrolysis) is 1. The van der Waals surface area contributed by atoms with E-state index in [1.165, 1.54) is 56.3 Å². The highest BCUT2D eigenvalue weighted by molar-refractivity contribution is 7.99. The monoisotopic (exact) mass is 486 g/mol. The Hall–Kier alpha value is -2.22. The van der Waals surface area contributed by atoms with Gasteiger partial charge in [0.1, 0.15) is 11.9 Å². The summed E-state index contributed by atoms with van der Waals surface area (Å²) >= 11 is 2.08. The van der Waals surface area contributed by atoms with Gasteiger partial charge >= 0.3 is 6.09 Å². The molecule has 7 nitrogen and oxygen atoms in total. The number of carbonyl (C=O) groups is 2. The Labute approximate surface area is 206 Å². The molecule has 3 unspecified atom stereocenters. The van der Waals surface area contributed by atoms with E-state index in [1.807, 2.05) is 18.7 Å². The Bertz CT molecular complexity index is 982. The standard InChI is InChI=1S/C26H38N4O3S/c1-17(2)23(29-26(32)33-3)25(31)30-13-8-10-22(30)24-27-20-12-11-18(15-21(20)28-24)19-9-6-4-5-7-14-34-16-19/h11-12,15,17,19,22-23H,4-10,13-14,16H2,1-3H3,(H,27,28)(H,29,32). The van der Waals surface area contributed by atoms with Crippen molar-refractivity contribution >= 4 is 34.8 Å². The molecule has 34 heavy (non-hydrogen) atoms. The van der Waals surface area contributed by atoms with Crippen LogP contribution in [0.25, 0.3) is 11.0 Å². The number of fused-ring (bicyclic) bond motifs is 1. The van der Waals surface area contributed by atoms with Gasteiger partial charge in [0.15, 0.2) is 0 Å². The van der Waals surface area contributed by atoms with Crippen molar-refractivity contribution in [3.63, 3.8) is 0 Å². The van der Waals surface area contributed by atoms with Gasteiger partial charge in [0.2, 0.25) is 5.91 Å². The van der Waals surface area contributed by atoms with Crippen molar-refractivity contribution in [2.24, 2.45) is 5.92 Å². The van der Waals surface area contributed by atoms with Crippen LogP contribution in [0.4, 0.5) is 4.79 Å². The van der Waals surface area contributed by atoms with Crippen molar-refractivity contribution in [1.82, 2.24) is 20.2 Å². The predicted octanol–water partition coefficient (Wildman–Crippen LogP) is 5.39. The van der Waals surface area contributed by atoms with Crippen LogP contribution >= 0.6 is 11.8 Å². The third kappa shape index (κ3) is 5.70. The Kier molecular flexibility index (Phi) is 8.40. The van der Waals surface area contributed by atoms with E-state index in [0.717, 1.165) is 29.7 Å². The minimum Gasteiger partial charge on any atom is -0.453 e. The van der Waals surface area contributed by atoms with Gasteiger partial charge in [-0.05, 0) is 61.0 Å². The van der Waals surface area contributed by atoms with Crippen LogP contribution in [0.5, 0.6) is 0 Å². The quantitative estimate of drug-likeness (QED) is 0.592. The number of nitrogens with zero attached hydrogens (tertiary/aromatic N) is 2. The molecule has 1 aromatic heterocycles. The highest BCUT2D eigenvalue weighted by Crippen LogP contribution is 2.34. The zero-order valence-corrected chi connectivity index (χ0v) is 21.5. The molecule has 1 aromatic carbocycles. The zero-order valence-electron chi connectivity index (χ0n) is 20.6. The van der Waals surface area contributed by atoms with Crippen molar-refractivity contribution in [1.29, 1.82) is 0 Å². The summed E-state index contributed by atoms with van der Waals surface area (Å²) in [6, 6.07) is 5.90. The van der Waals surface area contributed by atoms with Gasteiger partial charge in [-0.1, -0.05) is 39.2 Å². The van der Waals surface area contributed by atoms with Crippen LogP contribution in [0.15, 0.2) is 18.2 Å². The average molecular weight is 487 g/mol. The van der Waals surface area contributed by atoms with Crippen molar-refractivity contribution in [3.05, 3.63) is 29.6 Å². The number of hydrogen-bond donors (Lipinski definition) is 2. The van der Waals surface area contributed by atoms with Crippen LogP contribution in [0.2, 0.25) is 0 Å². The van der Waals surface area contributed by atoms with Crippen molar-refractivity contribution in [3.8, 4) is 0 Å². The summed E-state index contributed by atoms with van der Waals surface area (Å²) in [6.07, 6.45) is 7.77. The van der Waals surface area contributed by atoms with E-state index < -0.39 is 12.1 Å². The number of ether oxygens (including phenoxy) is 1. The minimum atomic E-state index is -0.620. The molecule has 0 bridgehead atoms. The minimum absolute atomic E-state index is 0.0445.